The fourth-order valence-electron chi connectivity index (χ4n) is 1.91. The highest BCUT2D eigenvalue weighted by molar-refractivity contribution is 5.75. The average Bonchev–Trinajstić information content (AvgIpc) is 2.64. The lowest BCUT2D eigenvalue weighted by atomic mass is 9.97. The van der Waals surface area contributed by atoms with Crippen LogP contribution in [0, 0.1) is 5.41 Å². The maximum Gasteiger partial charge on any atom is 0.311 e. The molecule has 1 unspecified atom stereocenters. The van der Waals surface area contributed by atoms with Gasteiger partial charge < -0.3 is 19.5 Å². The summed E-state index contributed by atoms with van der Waals surface area (Å²) < 4.78 is 15.7. The van der Waals surface area contributed by atoms with Gasteiger partial charge in [0.1, 0.15) is 12.7 Å². The first kappa shape index (κ1) is 17.4. The topological polar surface area (TPSA) is 90.9 Å². The van der Waals surface area contributed by atoms with Gasteiger partial charge in [0.2, 0.25) is 12.2 Å². The highest BCUT2D eigenvalue weighted by atomic mass is 16.7. The van der Waals surface area contributed by atoms with E-state index in [9.17, 15) is 14.4 Å². The maximum atomic E-state index is 11.8. The Morgan fingerprint density at radius 3 is 2.33 bits per heavy atom. The van der Waals surface area contributed by atoms with Gasteiger partial charge in [-0.1, -0.05) is 0 Å². The van der Waals surface area contributed by atoms with E-state index >= 15 is 0 Å². The molecule has 0 bridgehead atoms. The van der Waals surface area contributed by atoms with E-state index in [1.165, 1.54) is 13.8 Å². The molecule has 1 N–H and O–H groups in total. The molecular weight excluding hydrogens is 278 g/mol. The van der Waals surface area contributed by atoms with E-state index in [1.54, 1.807) is 20.8 Å². The fourth-order valence-corrected chi connectivity index (χ4v) is 1.91. The molecule has 1 rings (SSSR count). The van der Waals surface area contributed by atoms with Crippen LogP contribution in [0.25, 0.3) is 0 Å². The van der Waals surface area contributed by atoms with Gasteiger partial charge in [0.25, 0.3) is 0 Å². The molecule has 1 aliphatic rings. The zero-order valence-corrected chi connectivity index (χ0v) is 13.1. The van der Waals surface area contributed by atoms with Gasteiger partial charge >= 0.3 is 11.9 Å². The first-order chi connectivity index (χ1) is 9.59. The van der Waals surface area contributed by atoms with Crippen LogP contribution in [0.15, 0.2) is 0 Å². The number of carbonyl (C=O) groups is 3. The first-order valence-corrected chi connectivity index (χ1v) is 6.86. The van der Waals surface area contributed by atoms with E-state index in [0.717, 1.165) is 0 Å². The molecule has 1 aliphatic heterocycles. The summed E-state index contributed by atoms with van der Waals surface area (Å²) in [5.74, 6) is -1.04. The van der Waals surface area contributed by atoms with Gasteiger partial charge in [-0.25, -0.2) is 0 Å². The summed E-state index contributed by atoms with van der Waals surface area (Å²) in [5, 5.41) is 2.71. The van der Waals surface area contributed by atoms with Crippen molar-refractivity contribution in [2.45, 2.75) is 59.5 Å². The van der Waals surface area contributed by atoms with E-state index < -0.39 is 23.8 Å². The minimum atomic E-state index is -0.738. The summed E-state index contributed by atoms with van der Waals surface area (Å²) in [5.41, 5.74) is -0.614. The predicted octanol–water partition coefficient (Wildman–Crippen LogP) is 0.758. The molecule has 0 spiro atoms. The number of hydrogen-bond acceptors (Lipinski definition) is 6. The highest BCUT2D eigenvalue weighted by Gasteiger charge is 2.39. The number of esters is 2. The molecule has 7 heteroatoms. The second-order valence-electron chi connectivity index (χ2n) is 6.10. The van der Waals surface area contributed by atoms with Crippen molar-refractivity contribution in [2.24, 2.45) is 5.41 Å². The second kappa shape index (κ2) is 6.89. The lowest BCUT2D eigenvalue weighted by molar-refractivity contribution is -0.180. The van der Waals surface area contributed by atoms with E-state index in [4.69, 9.17) is 14.2 Å². The Hall–Kier alpha value is -1.63. The standard InChI is InChI=1S/C14H23NO6/c1-8(16)15-10-6-12(20-9(2)17)21-11(10)7-19-13(18)14(3,4)5/h10-12H,6-7H2,1-5H3,(H,15,16)/t10-,11+,12?/m0/s1. The third-order valence-corrected chi connectivity index (χ3v) is 2.90. The average molecular weight is 301 g/mol. The van der Waals surface area contributed by atoms with Crippen LogP contribution in [-0.4, -0.2) is 42.9 Å². The summed E-state index contributed by atoms with van der Waals surface area (Å²) in [4.78, 5) is 33.9. The first-order valence-electron chi connectivity index (χ1n) is 6.86. The predicted molar refractivity (Wildman–Crippen MR) is 73.1 cm³/mol. The molecule has 1 fully saturated rings. The van der Waals surface area contributed by atoms with Crippen LogP contribution in [0.3, 0.4) is 0 Å². The van der Waals surface area contributed by atoms with Crippen LogP contribution in [0.5, 0.6) is 0 Å². The molecule has 0 saturated carbocycles. The largest absolute Gasteiger partial charge is 0.462 e. The zero-order valence-electron chi connectivity index (χ0n) is 13.1. The van der Waals surface area contributed by atoms with Gasteiger partial charge in [0, 0.05) is 20.3 Å². The fraction of sp³-hybridized carbons (Fsp3) is 0.786. The zero-order chi connectivity index (χ0) is 16.2. The molecule has 120 valence electrons. The van der Waals surface area contributed by atoms with E-state index in [2.05, 4.69) is 5.32 Å². The lowest BCUT2D eigenvalue weighted by Gasteiger charge is -2.22. The lowest BCUT2D eigenvalue weighted by Crippen LogP contribution is -2.42. The molecule has 0 aliphatic carbocycles. The third kappa shape index (κ3) is 5.71. The van der Waals surface area contributed by atoms with Gasteiger partial charge in [-0.2, -0.15) is 0 Å². The van der Waals surface area contributed by atoms with Gasteiger partial charge in [-0.05, 0) is 20.8 Å². The Balaban J connectivity index is 2.61. The minimum Gasteiger partial charge on any atom is -0.462 e. The molecule has 0 aromatic carbocycles. The summed E-state index contributed by atoms with van der Waals surface area (Å²) in [6, 6.07) is -0.361. The smallest absolute Gasteiger partial charge is 0.311 e. The number of rotatable bonds is 4. The molecule has 0 aromatic heterocycles. The Bertz CT molecular complexity index is 414. The number of hydrogen-bond donors (Lipinski definition) is 1. The van der Waals surface area contributed by atoms with Crippen LogP contribution in [0.1, 0.15) is 41.0 Å². The third-order valence-electron chi connectivity index (χ3n) is 2.90. The van der Waals surface area contributed by atoms with Crippen LogP contribution in [-0.2, 0) is 28.6 Å². The summed E-state index contributed by atoms with van der Waals surface area (Å²) in [6.45, 7) is 7.91. The van der Waals surface area contributed by atoms with E-state index in [-0.39, 0.29) is 24.5 Å². The molecule has 0 aromatic rings. The Labute approximate surface area is 124 Å². The van der Waals surface area contributed by atoms with Crippen LogP contribution < -0.4 is 5.32 Å². The summed E-state index contributed by atoms with van der Waals surface area (Å²) in [6.07, 6.45) is -0.945. The Morgan fingerprint density at radius 1 is 1.24 bits per heavy atom. The Kier molecular flexibility index (Phi) is 5.71. The molecule has 0 radical (unpaired) electrons. The number of ether oxygens (including phenoxy) is 3. The highest BCUT2D eigenvalue weighted by Crippen LogP contribution is 2.23. The monoisotopic (exact) mass is 301 g/mol. The molecule has 1 amide bonds. The van der Waals surface area contributed by atoms with Crippen molar-refractivity contribution in [3.05, 3.63) is 0 Å². The second-order valence-corrected chi connectivity index (χ2v) is 6.10. The quantitative estimate of drug-likeness (QED) is 0.771. The van der Waals surface area contributed by atoms with Gasteiger partial charge in [-0.3, -0.25) is 14.4 Å². The Morgan fingerprint density at radius 2 is 1.86 bits per heavy atom. The number of nitrogens with one attached hydrogen (secondary N) is 1. The van der Waals surface area contributed by atoms with Crippen LogP contribution in [0.2, 0.25) is 0 Å². The van der Waals surface area contributed by atoms with Crippen molar-refractivity contribution >= 4 is 17.8 Å². The molecule has 3 atom stereocenters. The molecule has 1 saturated heterocycles. The SMILES string of the molecule is CC(=O)N[C@H]1CC(OC(C)=O)O[C@@H]1COC(=O)C(C)(C)C. The summed E-state index contributed by atoms with van der Waals surface area (Å²) >= 11 is 0. The number of carbonyl (C=O) groups excluding carboxylic acids is 3. The van der Waals surface area contributed by atoms with Gasteiger partial charge in [-0.15, -0.1) is 0 Å². The van der Waals surface area contributed by atoms with Crippen molar-refractivity contribution < 1.29 is 28.6 Å². The molecule has 21 heavy (non-hydrogen) atoms. The maximum absolute atomic E-state index is 11.8. The van der Waals surface area contributed by atoms with Crippen molar-refractivity contribution in [1.82, 2.24) is 5.32 Å². The summed E-state index contributed by atoms with van der Waals surface area (Å²) in [7, 11) is 0. The molecule has 1 heterocycles. The van der Waals surface area contributed by atoms with Crippen molar-refractivity contribution in [2.75, 3.05) is 6.61 Å². The molecule has 7 nitrogen and oxygen atoms in total. The van der Waals surface area contributed by atoms with E-state index in [1.807, 2.05) is 0 Å². The van der Waals surface area contributed by atoms with Crippen molar-refractivity contribution in [3.63, 3.8) is 0 Å². The van der Waals surface area contributed by atoms with Crippen molar-refractivity contribution in [1.29, 1.82) is 0 Å². The van der Waals surface area contributed by atoms with Crippen LogP contribution in [0.4, 0.5) is 0 Å². The van der Waals surface area contributed by atoms with Gasteiger partial charge in [0.05, 0.1) is 11.5 Å². The minimum absolute atomic E-state index is 0.00118. The van der Waals surface area contributed by atoms with Crippen LogP contribution >= 0.6 is 0 Å². The van der Waals surface area contributed by atoms with Crippen molar-refractivity contribution in [3.8, 4) is 0 Å². The number of amides is 1. The molecular formula is C14H23NO6. The van der Waals surface area contributed by atoms with E-state index in [0.29, 0.717) is 6.42 Å². The normalized spacial score (nSPS) is 25.3. The van der Waals surface area contributed by atoms with Gasteiger partial charge in [0.15, 0.2) is 0 Å².